The zero-order chi connectivity index (χ0) is 21.1. The van der Waals surface area contributed by atoms with Gasteiger partial charge in [-0.3, -0.25) is 9.89 Å². The Hall–Kier alpha value is -2.87. The molecule has 0 saturated carbocycles. The van der Waals surface area contributed by atoms with Crippen LogP contribution in [0.1, 0.15) is 42.1 Å². The first-order valence-corrected chi connectivity index (χ1v) is 9.91. The highest BCUT2D eigenvalue weighted by Gasteiger charge is 2.22. The van der Waals surface area contributed by atoms with E-state index in [0.717, 1.165) is 29.7 Å². The maximum absolute atomic E-state index is 12.9. The number of urea groups is 1. The molecule has 1 aromatic heterocycles. The minimum absolute atomic E-state index is 0.159. The lowest BCUT2D eigenvalue weighted by atomic mass is 9.98. The van der Waals surface area contributed by atoms with Gasteiger partial charge in [0.2, 0.25) is 0 Å². The number of nitrogens with one attached hydrogen (secondary N) is 2. The van der Waals surface area contributed by atoms with Crippen LogP contribution in [0, 0.1) is 26.7 Å². The standard InChI is InChI=1S/C21H29N5O3/c1-13-5-6-18(11-14(13)2)26-20(28)19(16(4)24-26)15(3)22-23-21(29)25-9-7-17(12-27)8-10-25/h5-6,11,17,24,27H,7-10,12H2,1-4H3,(H,23,29)/b22-15+. The Labute approximate surface area is 170 Å². The Morgan fingerprint density at radius 3 is 2.55 bits per heavy atom. The number of aromatic nitrogens is 2. The lowest BCUT2D eigenvalue weighted by Crippen LogP contribution is -2.43. The summed E-state index contributed by atoms with van der Waals surface area (Å²) in [5, 5.41) is 16.5. The fourth-order valence-corrected chi connectivity index (χ4v) is 3.60. The van der Waals surface area contributed by atoms with Crippen molar-refractivity contribution in [2.24, 2.45) is 11.0 Å². The van der Waals surface area contributed by atoms with Crippen molar-refractivity contribution in [3.05, 3.63) is 50.9 Å². The van der Waals surface area contributed by atoms with Gasteiger partial charge in [-0.15, -0.1) is 0 Å². The first kappa shape index (κ1) is 20.9. The van der Waals surface area contributed by atoms with E-state index in [9.17, 15) is 14.7 Å². The first-order chi connectivity index (χ1) is 13.8. The van der Waals surface area contributed by atoms with Crippen molar-refractivity contribution >= 4 is 11.7 Å². The number of nitrogens with zero attached hydrogens (tertiary/aromatic N) is 3. The number of aliphatic hydroxyl groups is 1. The number of rotatable bonds is 4. The average Bonchev–Trinajstić information content (AvgIpc) is 3.02. The fraction of sp³-hybridized carbons (Fsp3) is 0.476. The van der Waals surface area contributed by atoms with Crippen LogP contribution in [-0.4, -0.2) is 51.2 Å². The number of benzene rings is 1. The van der Waals surface area contributed by atoms with Gasteiger partial charge >= 0.3 is 6.03 Å². The number of H-pyrrole nitrogens is 1. The molecule has 3 rings (SSSR count). The normalized spacial score (nSPS) is 15.6. The van der Waals surface area contributed by atoms with Crippen LogP contribution in [0.25, 0.3) is 5.69 Å². The molecule has 0 atom stereocenters. The van der Waals surface area contributed by atoms with Gasteiger partial charge in [0.05, 0.1) is 17.0 Å². The maximum Gasteiger partial charge on any atom is 0.337 e. The van der Waals surface area contributed by atoms with Gasteiger partial charge in [0.1, 0.15) is 0 Å². The van der Waals surface area contributed by atoms with E-state index in [4.69, 9.17) is 0 Å². The number of aryl methyl sites for hydroxylation is 3. The molecule has 1 fully saturated rings. The number of hydrazone groups is 1. The molecule has 29 heavy (non-hydrogen) atoms. The minimum Gasteiger partial charge on any atom is -0.396 e. The Morgan fingerprint density at radius 1 is 1.24 bits per heavy atom. The minimum atomic E-state index is -0.289. The predicted octanol–water partition coefficient (Wildman–Crippen LogP) is 2.23. The second-order valence-corrected chi connectivity index (χ2v) is 7.75. The van der Waals surface area contributed by atoms with Crippen molar-refractivity contribution in [3.8, 4) is 5.69 Å². The summed E-state index contributed by atoms with van der Waals surface area (Å²) in [7, 11) is 0. The molecule has 0 radical (unpaired) electrons. The Morgan fingerprint density at radius 2 is 1.93 bits per heavy atom. The topological polar surface area (TPSA) is 103 Å². The SMILES string of the molecule is C/C(=N\NC(=O)N1CCC(CO)CC1)c1c(C)[nH]n(-c2ccc(C)c(C)c2)c1=O. The monoisotopic (exact) mass is 399 g/mol. The van der Waals surface area contributed by atoms with Crippen molar-refractivity contribution in [3.63, 3.8) is 0 Å². The van der Waals surface area contributed by atoms with Crippen LogP contribution in [0.2, 0.25) is 0 Å². The Balaban J connectivity index is 1.76. The van der Waals surface area contributed by atoms with Crippen LogP contribution < -0.4 is 11.0 Å². The molecule has 3 N–H and O–H groups in total. The Kier molecular flexibility index (Phi) is 6.22. The van der Waals surface area contributed by atoms with Crippen molar-refractivity contribution in [1.29, 1.82) is 0 Å². The third-order valence-corrected chi connectivity index (χ3v) is 5.66. The second kappa shape index (κ2) is 8.65. The van der Waals surface area contributed by atoms with Gasteiger partial charge in [0.25, 0.3) is 5.56 Å². The van der Waals surface area contributed by atoms with E-state index in [1.165, 1.54) is 4.68 Å². The van der Waals surface area contributed by atoms with Crippen molar-refractivity contribution < 1.29 is 9.90 Å². The van der Waals surface area contributed by atoms with Gasteiger partial charge in [-0.1, -0.05) is 6.07 Å². The molecule has 1 aliphatic rings. The molecular formula is C21H29N5O3. The predicted molar refractivity (Wildman–Crippen MR) is 113 cm³/mol. The highest BCUT2D eigenvalue weighted by atomic mass is 16.3. The van der Waals surface area contributed by atoms with Crippen molar-refractivity contribution in [1.82, 2.24) is 20.1 Å². The molecule has 1 aliphatic heterocycles. The molecule has 156 valence electrons. The van der Waals surface area contributed by atoms with Gasteiger partial charge in [-0.05, 0) is 69.7 Å². The van der Waals surface area contributed by atoms with Crippen LogP contribution in [-0.2, 0) is 0 Å². The number of amides is 2. The van der Waals surface area contributed by atoms with Crippen LogP contribution >= 0.6 is 0 Å². The van der Waals surface area contributed by atoms with E-state index in [1.807, 2.05) is 39.0 Å². The first-order valence-electron chi connectivity index (χ1n) is 9.91. The van der Waals surface area contributed by atoms with Gasteiger partial charge in [0.15, 0.2) is 0 Å². The maximum atomic E-state index is 12.9. The zero-order valence-electron chi connectivity index (χ0n) is 17.5. The van der Waals surface area contributed by atoms with Gasteiger partial charge in [-0.25, -0.2) is 14.9 Å². The summed E-state index contributed by atoms with van der Waals surface area (Å²) in [5.74, 6) is 0.260. The number of hydrogen-bond acceptors (Lipinski definition) is 4. The van der Waals surface area contributed by atoms with E-state index in [-0.39, 0.29) is 24.1 Å². The molecule has 8 nitrogen and oxygen atoms in total. The van der Waals surface area contributed by atoms with Crippen LogP contribution in [0.15, 0.2) is 28.1 Å². The van der Waals surface area contributed by atoms with Crippen LogP contribution in [0.3, 0.4) is 0 Å². The fourth-order valence-electron chi connectivity index (χ4n) is 3.60. The number of hydrogen-bond donors (Lipinski definition) is 3. The molecule has 1 aromatic carbocycles. The third-order valence-electron chi connectivity index (χ3n) is 5.66. The van der Waals surface area contributed by atoms with E-state index >= 15 is 0 Å². The Bertz CT molecular complexity index is 981. The van der Waals surface area contributed by atoms with Crippen LogP contribution in [0.4, 0.5) is 4.79 Å². The number of carbonyl (C=O) groups is 1. The molecule has 2 amide bonds. The summed E-state index contributed by atoms with van der Waals surface area (Å²) in [6, 6.07) is 5.55. The summed E-state index contributed by atoms with van der Waals surface area (Å²) >= 11 is 0. The van der Waals surface area contributed by atoms with E-state index in [1.54, 1.807) is 11.8 Å². The summed E-state index contributed by atoms with van der Waals surface area (Å²) in [6.45, 7) is 8.90. The van der Waals surface area contributed by atoms with Crippen molar-refractivity contribution in [2.45, 2.75) is 40.5 Å². The lowest BCUT2D eigenvalue weighted by Gasteiger charge is -2.30. The largest absolute Gasteiger partial charge is 0.396 e. The van der Waals surface area contributed by atoms with Gasteiger partial charge in [0, 0.05) is 25.4 Å². The molecule has 2 heterocycles. The zero-order valence-corrected chi connectivity index (χ0v) is 17.5. The average molecular weight is 399 g/mol. The van der Waals surface area contributed by atoms with Gasteiger partial charge < -0.3 is 10.0 Å². The number of aromatic amines is 1. The second-order valence-electron chi connectivity index (χ2n) is 7.75. The number of likely N-dealkylation sites (tertiary alicyclic amines) is 1. The molecule has 1 saturated heterocycles. The van der Waals surface area contributed by atoms with Crippen LogP contribution in [0.5, 0.6) is 0 Å². The van der Waals surface area contributed by atoms with E-state index in [2.05, 4.69) is 15.6 Å². The third kappa shape index (κ3) is 4.42. The summed E-state index contributed by atoms with van der Waals surface area (Å²) in [6.07, 6.45) is 1.56. The molecule has 0 unspecified atom stereocenters. The quantitative estimate of drug-likeness (QED) is 0.543. The molecular weight excluding hydrogens is 370 g/mol. The van der Waals surface area contributed by atoms with Crippen molar-refractivity contribution in [2.75, 3.05) is 19.7 Å². The molecule has 8 heteroatoms. The smallest absolute Gasteiger partial charge is 0.337 e. The number of carbonyl (C=O) groups excluding carboxylic acids is 1. The highest BCUT2D eigenvalue weighted by molar-refractivity contribution is 5.99. The van der Waals surface area contributed by atoms with E-state index < -0.39 is 0 Å². The van der Waals surface area contributed by atoms with Gasteiger partial charge in [-0.2, -0.15) is 5.10 Å². The number of piperidine rings is 1. The molecule has 0 spiro atoms. The van der Waals surface area contributed by atoms with E-state index in [0.29, 0.717) is 30.1 Å². The lowest BCUT2D eigenvalue weighted by molar-refractivity contribution is 0.137. The number of aliphatic hydroxyl groups excluding tert-OH is 1. The summed E-state index contributed by atoms with van der Waals surface area (Å²) in [4.78, 5) is 27.0. The highest BCUT2D eigenvalue weighted by Crippen LogP contribution is 2.16. The molecule has 2 aromatic rings. The molecule has 0 aliphatic carbocycles. The summed E-state index contributed by atoms with van der Waals surface area (Å²) < 4.78 is 1.50. The summed E-state index contributed by atoms with van der Waals surface area (Å²) in [5.41, 5.74) is 6.96. The molecule has 0 bridgehead atoms.